The second kappa shape index (κ2) is 3.72. The second-order valence-electron chi connectivity index (χ2n) is 2.78. The van der Waals surface area contributed by atoms with Crippen molar-refractivity contribution in [3.63, 3.8) is 0 Å². The smallest absolute Gasteiger partial charge is 0.284 e. The molecule has 6 heteroatoms. The molecule has 0 aromatic carbocycles. The third kappa shape index (κ3) is 1.68. The molecule has 1 aliphatic rings. The van der Waals surface area contributed by atoms with E-state index in [1.165, 1.54) is 6.26 Å². The predicted octanol–water partition coefficient (Wildman–Crippen LogP) is 1.47. The molecule has 4 nitrogen and oxygen atoms in total. The Morgan fingerprint density at radius 3 is 3.00 bits per heavy atom. The van der Waals surface area contributed by atoms with Gasteiger partial charge < -0.3 is 14.8 Å². The van der Waals surface area contributed by atoms with Gasteiger partial charge in [0.2, 0.25) is 0 Å². The molecule has 1 amide bonds. The lowest BCUT2D eigenvalue weighted by Crippen LogP contribution is -2.26. The fraction of sp³-hybridized carbons (Fsp3) is 0.250. The highest BCUT2D eigenvalue weighted by Gasteiger charge is 2.36. The summed E-state index contributed by atoms with van der Waals surface area (Å²) in [5.41, 5.74) is 0. The maximum Gasteiger partial charge on any atom is 0.284 e. The van der Waals surface area contributed by atoms with E-state index in [9.17, 15) is 9.90 Å². The maximum absolute atomic E-state index is 11.0. The summed E-state index contributed by atoms with van der Waals surface area (Å²) in [6, 6.07) is 3.33. The fourth-order valence-corrected chi connectivity index (χ4v) is 2.45. The van der Waals surface area contributed by atoms with E-state index in [1.807, 2.05) is 0 Å². The van der Waals surface area contributed by atoms with E-state index >= 15 is 0 Å². The van der Waals surface area contributed by atoms with E-state index in [2.05, 4.69) is 5.32 Å². The first kappa shape index (κ1) is 9.70. The maximum atomic E-state index is 11.0. The van der Waals surface area contributed by atoms with E-state index in [-0.39, 0.29) is 5.24 Å². The molecule has 1 saturated heterocycles. The van der Waals surface area contributed by atoms with Crippen LogP contribution >= 0.6 is 24.0 Å². The monoisotopic (exact) mass is 229 g/mol. The van der Waals surface area contributed by atoms with Crippen LogP contribution in [0.5, 0.6) is 0 Å². The van der Waals surface area contributed by atoms with Crippen LogP contribution in [-0.4, -0.2) is 20.6 Å². The van der Waals surface area contributed by atoms with Gasteiger partial charge in [-0.05, 0) is 12.1 Å². The van der Waals surface area contributed by atoms with Crippen LogP contribution in [0.2, 0.25) is 0 Å². The number of aliphatic hydroxyl groups is 1. The Balaban J connectivity index is 2.16. The van der Waals surface area contributed by atoms with Crippen molar-refractivity contribution in [2.45, 2.75) is 11.4 Å². The molecule has 2 unspecified atom stereocenters. The normalized spacial score (nSPS) is 23.6. The molecule has 1 fully saturated rings. The van der Waals surface area contributed by atoms with Crippen LogP contribution in [0.15, 0.2) is 22.8 Å². The van der Waals surface area contributed by atoms with Gasteiger partial charge in [0.05, 0.1) is 16.5 Å². The fourth-order valence-electron chi connectivity index (χ4n) is 1.19. The Bertz CT molecular complexity index is 363. The number of aliphatic hydroxyl groups excluding tert-OH is 1. The number of furan rings is 1. The van der Waals surface area contributed by atoms with E-state index < -0.39 is 11.4 Å². The lowest BCUT2D eigenvalue weighted by atomic mass is 10.2. The summed E-state index contributed by atoms with van der Waals surface area (Å²) in [7, 11) is 0. The molecule has 0 saturated carbocycles. The van der Waals surface area contributed by atoms with Crippen LogP contribution in [0.4, 0.5) is 4.79 Å². The van der Waals surface area contributed by atoms with Gasteiger partial charge in [-0.1, -0.05) is 24.0 Å². The Hall–Kier alpha value is -0.850. The molecule has 0 bridgehead atoms. The summed E-state index contributed by atoms with van der Waals surface area (Å²) in [4.78, 5) is 11.3. The molecule has 2 N–H and O–H groups in total. The van der Waals surface area contributed by atoms with Gasteiger partial charge in [-0.3, -0.25) is 4.79 Å². The number of rotatable bonds is 2. The summed E-state index contributed by atoms with van der Waals surface area (Å²) in [5.74, 6) is 0.418. The summed E-state index contributed by atoms with van der Waals surface area (Å²) in [6.45, 7) is 0. The van der Waals surface area contributed by atoms with E-state index in [0.29, 0.717) is 10.7 Å². The quantitative estimate of drug-likeness (QED) is 0.752. The molecule has 74 valence electrons. The average molecular weight is 229 g/mol. The van der Waals surface area contributed by atoms with Crippen molar-refractivity contribution in [2.24, 2.45) is 0 Å². The van der Waals surface area contributed by atoms with Gasteiger partial charge in [0.15, 0.2) is 0 Å². The first-order valence-electron chi connectivity index (χ1n) is 3.91. The van der Waals surface area contributed by atoms with Crippen molar-refractivity contribution < 1.29 is 14.3 Å². The number of amides is 1. The predicted molar refractivity (Wildman–Crippen MR) is 56.2 cm³/mol. The highest BCUT2D eigenvalue weighted by Crippen LogP contribution is 2.31. The van der Waals surface area contributed by atoms with Gasteiger partial charge in [-0.25, -0.2) is 0 Å². The highest BCUT2D eigenvalue weighted by atomic mass is 32.2. The summed E-state index contributed by atoms with van der Waals surface area (Å²) >= 11 is 5.89. The van der Waals surface area contributed by atoms with Gasteiger partial charge in [0.1, 0.15) is 11.9 Å². The van der Waals surface area contributed by atoms with Crippen molar-refractivity contribution in [1.82, 2.24) is 5.32 Å². The summed E-state index contributed by atoms with van der Waals surface area (Å²) in [6.07, 6.45) is 0.595. The zero-order valence-electron chi connectivity index (χ0n) is 6.97. The van der Waals surface area contributed by atoms with Crippen molar-refractivity contribution in [3.8, 4) is 0 Å². The minimum atomic E-state index is -0.874. The molecule has 0 radical (unpaired) electrons. The molecular weight excluding hydrogens is 222 g/mol. The van der Waals surface area contributed by atoms with Crippen LogP contribution in [0, 0.1) is 0 Å². The third-order valence-corrected chi connectivity index (χ3v) is 3.41. The number of carbonyl (C=O) groups excluding carboxylic acids is 1. The number of thiocarbonyl (C=S) groups is 1. The number of hydrogen-bond acceptors (Lipinski definition) is 5. The van der Waals surface area contributed by atoms with E-state index in [1.54, 1.807) is 12.1 Å². The lowest BCUT2D eigenvalue weighted by molar-refractivity contribution is 0.162. The van der Waals surface area contributed by atoms with Gasteiger partial charge in [-0.15, -0.1) is 0 Å². The summed E-state index contributed by atoms with van der Waals surface area (Å²) in [5, 5.41) is 11.6. The van der Waals surface area contributed by atoms with Gasteiger partial charge in [-0.2, -0.15) is 0 Å². The standard InChI is InChI=1S/C8H7NO3S2/c10-5(4-2-1-3-12-4)6-7(13)9-8(11)14-6/h1-3,5-6,10H,(H,9,11,13). The Labute approximate surface area is 89.7 Å². The topological polar surface area (TPSA) is 62.5 Å². The van der Waals surface area contributed by atoms with Crippen LogP contribution in [0.1, 0.15) is 11.9 Å². The Morgan fingerprint density at radius 2 is 2.50 bits per heavy atom. The molecular formula is C8H7NO3S2. The Kier molecular flexibility index (Phi) is 2.58. The average Bonchev–Trinajstić information content (AvgIpc) is 2.73. The largest absolute Gasteiger partial charge is 0.467 e. The van der Waals surface area contributed by atoms with E-state index in [0.717, 1.165) is 11.8 Å². The van der Waals surface area contributed by atoms with Crippen LogP contribution in [0.25, 0.3) is 0 Å². The molecule has 0 aliphatic carbocycles. The first-order chi connectivity index (χ1) is 6.68. The molecule has 14 heavy (non-hydrogen) atoms. The molecule has 1 aromatic rings. The SMILES string of the molecule is O=C1NC(=S)C(C(O)c2ccco2)S1. The highest BCUT2D eigenvalue weighted by molar-refractivity contribution is 8.16. The third-order valence-electron chi connectivity index (χ3n) is 1.84. The lowest BCUT2D eigenvalue weighted by Gasteiger charge is -2.12. The number of hydrogen-bond donors (Lipinski definition) is 2. The zero-order chi connectivity index (χ0) is 10.1. The zero-order valence-corrected chi connectivity index (χ0v) is 8.60. The number of carbonyl (C=O) groups is 1. The van der Waals surface area contributed by atoms with Crippen LogP contribution < -0.4 is 5.32 Å². The summed E-state index contributed by atoms with van der Waals surface area (Å²) < 4.78 is 5.03. The van der Waals surface area contributed by atoms with Crippen LogP contribution in [0.3, 0.4) is 0 Å². The van der Waals surface area contributed by atoms with Gasteiger partial charge >= 0.3 is 0 Å². The minimum Gasteiger partial charge on any atom is -0.467 e. The van der Waals surface area contributed by atoms with Crippen molar-refractivity contribution in [1.29, 1.82) is 0 Å². The van der Waals surface area contributed by atoms with Crippen molar-refractivity contribution in [2.75, 3.05) is 0 Å². The van der Waals surface area contributed by atoms with Crippen molar-refractivity contribution >= 4 is 34.2 Å². The molecule has 1 aliphatic heterocycles. The number of nitrogens with one attached hydrogen (secondary N) is 1. The number of thioether (sulfide) groups is 1. The van der Waals surface area contributed by atoms with Gasteiger partial charge in [0.25, 0.3) is 5.24 Å². The molecule has 2 heterocycles. The first-order valence-corrected chi connectivity index (χ1v) is 5.20. The van der Waals surface area contributed by atoms with Crippen LogP contribution in [-0.2, 0) is 0 Å². The molecule has 2 atom stereocenters. The molecule has 0 spiro atoms. The van der Waals surface area contributed by atoms with Crippen molar-refractivity contribution in [3.05, 3.63) is 24.2 Å². The Morgan fingerprint density at radius 1 is 1.71 bits per heavy atom. The van der Waals surface area contributed by atoms with Gasteiger partial charge in [0, 0.05) is 0 Å². The molecule has 1 aromatic heterocycles. The minimum absolute atomic E-state index is 0.231. The second-order valence-corrected chi connectivity index (χ2v) is 4.33. The van der Waals surface area contributed by atoms with E-state index in [4.69, 9.17) is 16.6 Å². The molecule has 2 rings (SSSR count).